The van der Waals surface area contributed by atoms with Gasteiger partial charge in [0.2, 0.25) is 0 Å². The van der Waals surface area contributed by atoms with Gasteiger partial charge in [-0.2, -0.15) is 0 Å². The van der Waals surface area contributed by atoms with Crippen LogP contribution in [-0.2, 0) is 0 Å². The highest BCUT2D eigenvalue weighted by atomic mass is 15.3. The molecular formula is C11H24N2. The quantitative estimate of drug-likeness (QED) is 0.620. The summed E-state index contributed by atoms with van der Waals surface area (Å²) in [7, 11) is 0. The molecule has 1 unspecified atom stereocenters. The minimum Gasteiger partial charge on any atom is -0.303 e. The van der Waals surface area contributed by atoms with Crippen LogP contribution >= 0.6 is 0 Å². The van der Waals surface area contributed by atoms with Gasteiger partial charge in [-0.3, -0.25) is 4.90 Å². The average Bonchev–Trinajstić information content (AvgIpc) is 2.27. The summed E-state index contributed by atoms with van der Waals surface area (Å²) in [5.74, 6) is 0. The van der Waals surface area contributed by atoms with Crippen LogP contribution in [0, 0.1) is 5.41 Å². The molecule has 0 aromatic carbocycles. The molecule has 0 aromatic rings. The highest BCUT2D eigenvalue weighted by molar-refractivity contribution is 4.94. The van der Waals surface area contributed by atoms with Gasteiger partial charge in [0.05, 0.1) is 0 Å². The van der Waals surface area contributed by atoms with Crippen LogP contribution in [0.5, 0.6) is 0 Å². The van der Waals surface area contributed by atoms with E-state index in [9.17, 15) is 0 Å². The first-order valence-electron chi connectivity index (χ1n) is 5.20. The van der Waals surface area contributed by atoms with Crippen molar-refractivity contribution in [3.05, 3.63) is 0 Å². The summed E-state index contributed by atoms with van der Waals surface area (Å²) in [4.78, 5) is 2.56. The van der Waals surface area contributed by atoms with Crippen molar-refractivity contribution >= 4 is 0 Å². The summed E-state index contributed by atoms with van der Waals surface area (Å²) in [6, 6.07) is 0.660. The molecule has 0 amide bonds. The summed E-state index contributed by atoms with van der Waals surface area (Å²) in [5.41, 5.74) is 0.651. The first-order chi connectivity index (χ1) is 5.73. The molecule has 1 N–H and O–H groups in total. The zero-order chi connectivity index (χ0) is 10.3. The summed E-state index contributed by atoms with van der Waals surface area (Å²) < 4.78 is 0. The molecule has 0 bridgehead atoms. The van der Waals surface area contributed by atoms with Crippen molar-refractivity contribution in [3.8, 4) is 0 Å². The molecule has 0 aromatic heterocycles. The monoisotopic (exact) mass is 184 g/mol. The Morgan fingerprint density at radius 1 is 1.08 bits per heavy atom. The summed E-state index contributed by atoms with van der Waals surface area (Å²) in [5, 5.41) is 3.46. The molecule has 0 spiro atoms. The van der Waals surface area contributed by atoms with Crippen molar-refractivity contribution in [3.63, 3.8) is 0 Å². The summed E-state index contributed by atoms with van der Waals surface area (Å²) in [6.07, 6.45) is 0. The number of nitrogens with zero attached hydrogens (tertiary/aromatic N) is 1. The van der Waals surface area contributed by atoms with Crippen LogP contribution in [0.4, 0.5) is 0 Å². The van der Waals surface area contributed by atoms with Crippen molar-refractivity contribution in [1.82, 2.24) is 10.2 Å². The fourth-order valence-electron chi connectivity index (χ4n) is 2.02. The maximum atomic E-state index is 3.46. The van der Waals surface area contributed by atoms with Crippen LogP contribution in [0.1, 0.15) is 41.5 Å². The second-order valence-electron chi connectivity index (χ2n) is 6.13. The highest BCUT2D eigenvalue weighted by Crippen LogP contribution is 2.31. The predicted octanol–water partition coefficient (Wildman–Crippen LogP) is 2.06. The third kappa shape index (κ3) is 2.44. The molecule has 1 fully saturated rings. The van der Waals surface area contributed by atoms with E-state index in [0.717, 1.165) is 13.2 Å². The van der Waals surface area contributed by atoms with Gasteiger partial charge in [0.1, 0.15) is 0 Å². The lowest BCUT2D eigenvalue weighted by molar-refractivity contribution is 0.0626. The van der Waals surface area contributed by atoms with E-state index < -0.39 is 0 Å². The lowest BCUT2D eigenvalue weighted by Gasteiger charge is -2.42. The van der Waals surface area contributed by atoms with Crippen LogP contribution in [0.2, 0.25) is 0 Å². The summed E-state index contributed by atoms with van der Waals surface area (Å²) >= 11 is 0. The van der Waals surface area contributed by atoms with Crippen LogP contribution < -0.4 is 5.32 Å². The molecule has 1 saturated heterocycles. The Morgan fingerprint density at radius 3 is 1.92 bits per heavy atom. The second-order valence-corrected chi connectivity index (χ2v) is 6.13. The van der Waals surface area contributed by atoms with Gasteiger partial charge in [-0.05, 0) is 26.2 Å². The summed E-state index contributed by atoms with van der Waals surface area (Å²) in [6.45, 7) is 16.0. The molecule has 2 heteroatoms. The van der Waals surface area contributed by atoms with Crippen molar-refractivity contribution < 1.29 is 0 Å². The van der Waals surface area contributed by atoms with Crippen LogP contribution in [0.25, 0.3) is 0 Å². The fraction of sp³-hybridized carbons (Fsp3) is 1.00. The van der Waals surface area contributed by atoms with E-state index in [1.165, 1.54) is 0 Å². The van der Waals surface area contributed by atoms with Gasteiger partial charge in [-0.25, -0.2) is 0 Å². The maximum absolute atomic E-state index is 3.46. The van der Waals surface area contributed by atoms with Crippen molar-refractivity contribution in [1.29, 1.82) is 0 Å². The van der Waals surface area contributed by atoms with Gasteiger partial charge in [-0.15, -0.1) is 0 Å². The van der Waals surface area contributed by atoms with Crippen molar-refractivity contribution in [2.45, 2.75) is 53.1 Å². The third-order valence-electron chi connectivity index (χ3n) is 2.86. The molecule has 0 aliphatic carbocycles. The zero-order valence-electron chi connectivity index (χ0n) is 9.94. The maximum Gasteiger partial charge on any atom is 0.0489 e. The van der Waals surface area contributed by atoms with Crippen LogP contribution in [0.3, 0.4) is 0 Å². The number of rotatable bonds is 0. The first kappa shape index (κ1) is 11.0. The first-order valence-corrected chi connectivity index (χ1v) is 5.20. The van der Waals surface area contributed by atoms with Crippen molar-refractivity contribution in [2.75, 3.05) is 13.2 Å². The SMILES string of the molecule is CC(C)(C)C1CNCN1C(C)(C)C. The molecule has 0 saturated carbocycles. The van der Waals surface area contributed by atoms with Gasteiger partial charge in [0, 0.05) is 24.8 Å². The minimum atomic E-state index is 0.279. The Morgan fingerprint density at radius 2 is 1.62 bits per heavy atom. The van der Waals surface area contributed by atoms with Crippen LogP contribution in [-0.4, -0.2) is 29.7 Å². The molecule has 1 aliphatic heterocycles. The molecule has 1 rings (SSSR count). The van der Waals surface area contributed by atoms with E-state index in [0.29, 0.717) is 11.5 Å². The Labute approximate surface area is 82.7 Å². The van der Waals surface area contributed by atoms with Gasteiger partial charge in [-0.1, -0.05) is 20.8 Å². The van der Waals surface area contributed by atoms with E-state index in [-0.39, 0.29) is 5.54 Å². The molecule has 1 heterocycles. The molecule has 0 radical (unpaired) electrons. The Bertz CT molecular complexity index is 154. The molecule has 2 nitrogen and oxygen atoms in total. The smallest absolute Gasteiger partial charge is 0.0489 e. The number of nitrogens with one attached hydrogen (secondary N) is 1. The number of hydrogen-bond acceptors (Lipinski definition) is 2. The molecule has 1 atom stereocenters. The van der Waals surface area contributed by atoms with E-state index in [1.54, 1.807) is 0 Å². The topological polar surface area (TPSA) is 15.3 Å². The standard InChI is InChI=1S/C11H24N2/c1-10(2,3)9-7-12-8-13(9)11(4,5)6/h9,12H,7-8H2,1-6H3. The van der Waals surface area contributed by atoms with Gasteiger partial charge >= 0.3 is 0 Å². The predicted molar refractivity (Wildman–Crippen MR) is 57.7 cm³/mol. The van der Waals surface area contributed by atoms with Crippen LogP contribution in [0.15, 0.2) is 0 Å². The number of hydrogen-bond donors (Lipinski definition) is 1. The van der Waals surface area contributed by atoms with Gasteiger partial charge < -0.3 is 5.32 Å². The third-order valence-corrected chi connectivity index (χ3v) is 2.86. The molecule has 1 aliphatic rings. The van der Waals surface area contributed by atoms with E-state index >= 15 is 0 Å². The van der Waals surface area contributed by atoms with E-state index in [4.69, 9.17) is 0 Å². The normalized spacial score (nSPS) is 26.8. The van der Waals surface area contributed by atoms with E-state index in [2.05, 4.69) is 51.8 Å². The molecular weight excluding hydrogens is 160 g/mol. The van der Waals surface area contributed by atoms with Gasteiger partial charge in [0.25, 0.3) is 0 Å². The lowest BCUT2D eigenvalue weighted by atomic mass is 9.84. The molecule has 78 valence electrons. The largest absolute Gasteiger partial charge is 0.303 e. The minimum absolute atomic E-state index is 0.279. The average molecular weight is 184 g/mol. The Hall–Kier alpha value is -0.0800. The van der Waals surface area contributed by atoms with Crippen molar-refractivity contribution in [2.24, 2.45) is 5.41 Å². The zero-order valence-corrected chi connectivity index (χ0v) is 9.94. The van der Waals surface area contributed by atoms with E-state index in [1.807, 2.05) is 0 Å². The highest BCUT2D eigenvalue weighted by Gasteiger charge is 2.39. The Balaban J connectivity index is 2.76. The lowest BCUT2D eigenvalue weighted by Crippen LogP contribution is -2.50. The Kier molecular flexibility index (Phi) is 2.75. The fourth-order valence-corrected chi connectivity index (χ4v) is 2.02. The molecule has 13 heavy (non-hydrogen) atoms. The second kappa shape index (κ2) is 3.25. The van der Waals surface area contributed by atoms with Gasteiger partial charge in [0.15, 0.2) is 0 Å².